The zero-order valence-electron chi connectivity index (χ0n) is 15.4. The Morgan fingerprint density at radius 3 is 2.71 bits per heavy atom. The van der Waals surface area contributed by atoms with Gasteiger partial charge in [0.15, 0.2) is 5.13 Å². The maximum atomic E-state index is 12.8. The summed E-state index contributed by atoms with van der Waals surface area (Å²) in [7, 11) is -3.63. The molecule has 0 spiro atoms. The lowest BCUT2D eigenvalue weighted by atomic mass is 9.99. The first kappa shape index (κ1) is 20.4. The van der Waals surface area contributed by atoms with Crippen molar-refractivity contribution < 1.29 is 18.0 Å². The molecule has 1 atom stereocenters. The number of anilines is 1. The molecule has 0 bridgehead atoms. The van der Waals surface area contributed by atoms with Crippen molar-refractivity contribution in [2.45, 2.75) is 24.7 Å². The number of piperidine rings is 1. The smallest absolute Gasteiger partial charge is 0.245 e. The zero-order chi connectivity index (χ0) is 20.1. The highest BCUT2D eigenvalue weighted by atomic mass is 32.2. The average molecular weight is 423 g/mol. The molecular formula is C18H22N4O4S2. The highest BCUT2D eigenvalue weighted by Crippen LogP contribution is 2.23. The van der Waals surface area contributed by atoms with Crippen molar-refractivity contribution in [3.63, 3.8) is 0 Å². The first-order chi connectivity index (χ1) is 13.4. The number of sulfonamides is 1. The summed E-state index contributed by atoms with van der Waals surface area (Å²) in [6.07, 6.45) is 2.83. The van der Waals surface area contributed by atoms with Gasteiger partial charge in [-0.2, -0.15) is 4.31 Å². The molecular weight excluding hydrogens is 400 g/mol. The van der Waals surface area contributed by atoms with Crippen LogP contribution in [0.2, 0.25) is 0 Å². The third kappa shape index (κ3) is 4.94. The van der Waals surface area contributed by atoms with Crippen molar-refractivity contribution in [2.24, 2.45) is 5.92 Å². The van der Waals surface area contributed by atoms with Crippen molar-refractivity contribution in [3.8, 4) is 0 Å². The standard InChI is InChI=1S/C18H22N4O4S2/c1-13-10-20-18(27-13)21-16(23)11-19-17(24)14-6-5-9-22(12-14)28(25,26)15-7-3-2-4-8-15/h2-4,7-8,10,14H,5-6,9,11-12H2,1H3,(H,19,24)(H,20,21,23). The predicted molar refractivity (Wildman–Crippen MR) is 106 cm³/mol. The van der Waals surface area contributed by atoms with E-state index in [0.717, 1.165) is 4.88 Å². The van der Waals surface area contributed by atoms with Gasteiger partial charge in [0, 0.05) is 24.2 Å². The monoisotopic (exact) mass is 422 g/mol. The van der Waals surface area contributed by atoms with Crippen LogP contribution in [0.25, 0.3) is 0 Å². The lowest BCUT2D eigenvalue weighted by Crippen LogP contribution is -2.46. The molecule has 10 heteroatoms. The molecule has 28 heavy (non-hydrogen) atoms. The molecule has 1 unspecified atom stereocenters. The number of benzene rings is 1. The fourth-order valence-electron chi connectivity index (χ4n) is 3.00. The number of carbonyl (C=O) groups is 2. The van der Waals surface area contributed by atoms with Gasteiger partial charge in [-0.05, 0) is 31.9 Å². The van der Waals surface area contributed by atoms with E-state index >= 15 is 0 Å². The van der Waals surface area contributed by atoms with Crippen molar-refractivity contribution >= 4 is 38.3 Å². The Labute approximate surface area is 168 Å². The Bertz CT molecular complexity index is 944. The lowest BCUT2D eigenvalue weighted by molar-refractivity contribution is -0.128. The highest BCUT2D eigenvalue weighted by Gasteiger charge is 2.33. The van der Waals surface area contributed by atoms with Crippen molar-refractivity contribution in [1.29, 1.82) is 0 Å². The van der Waals surface area contributed by atoms with Crippen LogP contribution in [-0.2, 0) is 19.6 Å². The molecule has 1 aromatic heterocycles. The summed E-state index contributed by atoms with van der Waals surface area (Å²) in [4.78, 5) is 29.6. The number of carbonyl (C=O) groups excluding carboxylic acids is 2. The molecule has 3 rings (SSSR count). The van der Waals surface area contributed by atoms with Crippen LogP contribution < -0.4 is 10.6 Å². The Morgan fingerprint density at radius 1 is 1.29 bits per heavy atom. The van der Waals surface area contributed by atoms with Crippen LogP contribution >= 0.6 is 11.3 Å². The van der Waals surface area contributed by atoms with E-state index in [1.54, 1.807) is 36.5 Å². The molecule has 1 aliphatic rings. The van der Waals surface area contributed by atoms with Gasteiger partial charge in [0.1, 0.15) is 0 Å². The zero-order valence-corrected chi connectivity index (χ0v) is 17.1. The van der Waals surface area contributed by atoms with Gasteiger partial charge in [-0.15, -0.1) is 11.3 Å². The SMILES string of the molecule is Cc1cnc(NC(=O)CNC(=O)C2CCCN(S(=O)(=O)c3ccccc3)C2)s1. The van der Waals surface area contributed by atoms with Gasteiger partial charge in [0.2, 0.25) is 21.8 Å². The topological polar surface area (TPSA) is 108 Å². The van der Waals surface area contributed by atoms with Gasteiger partial charge in [0.25, 0.3) is 0 Å². The Hall–Kier alpha value is -2.30. The van der Waals surface area contributed by atoms with Gasteiger partial charge < -0.3 is 10.6 Å². The normalized spacial score (nSPS) is 17.8. The Morgan fingerprint density at radius 2 is 2.04 bits per heavy atom. The molecule has 2 N–H and O–H groups in total. The second kappa shape index (κ2) is 8.80. The Balaban J connectivity index is 1.55. The van der Waals surface area contributed by atoms with Crippen LogP contribution in [0.3, 0.4) is 0 Å². The summed E-state index contributed by atoms with van der Waals surface area (Å²) >= 11 is 1.35. The summed E-state index contributed by atoms with van der Waals surface area (Å²) in [5, 5.41) is 5.70. The van der Waals surface area contributed by atoms with E-state index in [0.29, 0.717) is 24.5 Å². The number of hydrogen-bond donors (Lipinski definition) is 2. The quantitative estimate of drug-likeness (QED) is 0.735. The molecule has 8 nitrogen and oxygen atoms in total. The van der Waals surface area contributed by atoms with E-state index in [2.05, 4.69) is 15.6 Å². The fraction of sp³-hybridized carbons (Fsp3) is 0.389. The maximum Gasteiger partial charge on any atom is 0.245 e. The summed E-state index contributed by atoms with van der Waals surface area (Å²) in [6.45, 7) is 2.19. The van der Waals surface area contributed by atoms with Crippen LogP contribution in [0.1, 0.15) is 17.7 Å². The third-order valence-corrected chi connectivity index (χ3v) is 7.13. The first-order valence-electron chi connectivity index (χ1n) is 8.91. The number of thiazole rings is 1. The molecule has 2 aromatic rings. The first-order valence-corrected chi connectivity index (χ1v) is 11.2. The molecule has 0 saturated carbocycles. The van der Waals surface area contributed by atoms with E-state index in [-0.39, 0.29) is 29.8 Å². The van der Waals surface area contributed by atoms with Crippen LogP contribution in [0, 0.1) is 12.8 Å². The highest BCUT2D eigenvalue weighted by molar-refractivity contribution is 7.89. The van der Waals surface area contributed by atoms with Gasteiger partial charge in [-0.3, -0.25) is 9.59 Å². The molecule has 0 aliphatic carbocycles. The van der Waals surface area contributed by atoms with Gasteiger partial charge >= 0.3 is 0 Å². The minimum Gasteiger partial charge on any atom is -0.347 e. The van der Waals surface area contributed by atoms with Crippen LogP contribution in [0.4, 0.5) is 5.13 Å². The maximum absolute atomic E-state index is 12.8. The van der Waals surface area contributed by atoms with Gasteiger partial charge in [-0.25, -0.2) is 13.4 Å². The second-order valence-electron chi connectivity index (χ2n) is 6.56. The van der Waals surface area contributed by atoms with E-state index < -0.39 is 15.9 Å². The van der Waals surface area contributed by atoms with Gasteiger partial charge in [-0.1, -0.05) is 18.2 Å². The number of rotatable bonds is 6. The van der Waals surface area contributed by atoms with Gasteiger partial charge in [0.05, 0.1) is 17.4 Å². The Kier molecular flexibility index (Phi) is 6.42. The van der Waals surface area contributed by atoms with Crippen LogP contribution in [0.5, 0.6) is 0 Å². The minimum absolute atomic E-state index is 0.107. The number of hydrogen-bond acceptors (Lipinski definition) is 6. The molecule has 1 fully saturated rings. The number of amides is 2. The fourth-order valence-corrected chi connectivity index (χ4v) is 5.23. The number of nitrogens with one attached hydrogen (secondary N) is 2. The van der Waals surface area contributed by atoms with E-state index in [9.17, 15) is 18.0 Å². The number of nitrogens with zero attached hydrogens (tertiary/aromatic N) is 2. The van der Waals surface area contributed by atoms with Crippen molar-refractivity contribution in [3.05, 3.63) is 41.4 Å². The third-order valence-electron chi connectivity index (χ3n) is 4.43. The lowest BCUT2D eigenvalue weighted by Gasteiger charge is -2.31. The minimum atomic E-state index is -3.63. The predicted octanol–water partition coefficient (Wildman–Crippen LogP) is 1.61. The summed E-state index contributed by atoms with van der Waals surface area (Å²) in [5.41, 5.74) is 0. The number of aromatic nitrogens is 1. The molecule has 1 saturated heterocycles. The molecule has 1 aromatic carbocycles. The largest absolute Gasteiger partial charge is 0.347 e. The van der Waals surface area contributed by atoms with E-state index in [1.165, 1.54) is 15.6 Å². The van der Waals surface area contributed by atoms with E-state index in [1.807, 2.05) is 6.92 Å². The summed E-state index contributed by atoms with van der Waals surface area (Å²) < 4.78 is 26.8. The molecule has 1 aliphatic heterocycles. The van der Waals surface area contributed by atoms with Crippen molar-refractivity contribution in [2.75, 3.05) is 25.0 Å². The number of aryl methyl sites for hydroxylation is 1. The van der Waals surface area contributed by atoms with Crippen LogP contribution in [-0.4, -0.2) is 49.2 Å². The average Bonchev–Trinajstić information content (AvgIpc) is 3.11. The molecule has 2 heterocycles. The second-order valence-corrected chi connectivity index (χ2v) is 9.73. The summed E-state index contributed by atoms with van der Waals surface area (Å²) in [5.74, 6) is -1.17. The summed E-state index contributed by atoms with van der Waals surface area (Å²) in [6, 6.07) is 8.18. The molecule has 150 valence electrons. The van der Waals surface area contributed by atoms with Crippen LogP contribution in [0.15, 0.2) is 41.4 Å². The molecule has 0 radical (unpaired) electrons. The van der Waals surface area contributed by atoms with E-state index in [4.69, 9.17) is 0 Å². The molecule has 2 amide bonds. The van der Waals surface area contributed by atoms with Crippen molar-refractivity contribution in [1.82, 2.24) is 14.6 Å².